The van der Waals surface area contributed by atoms with Crippen LogP contribution in [0.1, 0.15) is 27.6 Å². The number of benzene rings is 2. The number of carbonyl (C=O) groups excluding carboxylic acids is 1. The van der Waals surface area contributed by atoms with Gasteiger partial charge in [-0.15, -0.1) is 11.3 Å². The molecule has 0 spiro atoms. The van der Waals surface area contributed by atoms with E-state index in [2.05, 4.69) is 0 Å². The second kappa shape index (κ2) is 8.25. The first-order valence-electron chi connectivity index (χ1n) is 9.43. The Kier molecular flexibility index (Phi) is 5.53. The summed E-state index contributed by atoms with van der Waals surface area (Å²) < 4.78 is 25.1. The Labute approximate surface area is 173 Å². The lowest BCUT2D eigenvalue weighted by atomic mass is 9.90. The zero-order chi connectivity index (χ0) is 20.4. The van der Waals surface area contributed by atoms with E-state index in [1.165, 1.54) is 6.07 Å². The Balaban J connectivity index is 1.74. The zero-order valence-corrected chi connectivity index (χ0v) is 17.2. The summed E-state index contributed by atoms with van der Waals surface area (Å²) in [6.45, 7) is 0.568. The van der Waals surface area contributed by atoms with Crippen LogP contribution in [0.4, 0.5) is 4.39 Å². The molecule has 1 atom stereocenters. The molecule has 1 aliphatic heterocycles. The topological polar surface area (TPSA) is 38.8 Å². The van der Waals surface area contributed by atoms with Crippen molar-refractivity contribution in [3.05, 3.63) is 81.3 Å². The Bertz CT molecular complexity index is 1020. The van der Waals surface area contributed by atoms with Gasteiger partial charge in [0.15, 0.2) is 11.5 Å². The second-order valence-electron chi connectivity index (χ2n) is 6.93. The summed E-state index contributed by atoms with van der Waals surface area (Å²) in [5, 5.41) is 2.00. The van der Waals surface area contributed by atoms with Crippen LogP contribution in [0.3, 0.4) is 0 Å². The first-order valence-corrected chi connectivity index (χ1v) is 10.3. The van der Waals surface area contributed by atoms with Crippen molar-refractivity contribution in [3.8, 4) is 11.5 Å². The van der Waals surface area contributed by atoms with Gasteiger partial charge in [0.25, 0.3) is 0 Å². The Hall–Kier alpha value is -2.86. The minimum absolute atomic E-state index is 0.0389. The third kappa shape index (κ3) is 3.72. The van der Waals surface area contributed by atoms with Crippen molar-refractivity contribution >= 4 is 17.2 Å². The van der Waals surface area contributed by atoms with E-state index in [0.29, 0.717) is 30.0 Å². The first-order chi connectivity index (χ1) is 14.1. The number of rotatable bonds is 5. The van der Waals surface area contributed by atoms with Gasteiger partial charge in [0.1, 0.15) is 5.82 Å². The van der Waals surface area contributed by atoms with Gasteiger partial charge in [0, 0.05) is 11.4 Å². The quantitative estimate of drug-likeness (QED) is 0.615. The summed E-state index contributed by atoms with van der Waals surface area (Å²) in [4.78, 5) is 16.1. The molecule has 150 valence electrons. The molecule has 0 N–H and O–H groups in total. The molecule has 1 aliphatic rings. The monoisotopic (exact) mass is 411 g/mol. The third-order valence-electron chi connectivity index (χ3n) is 5.31. The van der Waals surface area contributed by atoms with Gasteiger partial charge in [-0.1, -0.05) is 24.3 Å². The molecule has 0 radical (unpaired) electrons. The van der Waals surface area contributed by atoms with Crippen molar-refractivity contribution in [3.63, 3.8) is 0 Å². The van der Waals surface area contributed by atoms with Gasteiger partial charge in [0.2, 0.25) is 5.91 Å². The van der Waals surface area contributed by atoms with Crippen LogP contribution in [0.5, 0.6) is 11.5 Å². The number of thiophene rings is 1. The molecule has 1 amide bonds. The van der Waals surface area contributed by atoms with Crippen LogP contribution >= 0.6 is 11.3 Å². The van der Waals surface area contributed by atoms with Crippen LogP contribution in [0, 0.1) is 5.82 Å². The maximum Gasteiger partial charge on any atom is 0.227 e. The van der Waals surface area contributed by atoms with Gasteiger partial charge in [-0.05, 0) is 52.8 Å². The first kappa shape index (κ1) is 19.5. The van der Waals surface area contributed by atoms with Crippen molar-refractivity contribution < 1.29 is 18.7 Å². The predicted molar refractivity (Wildman–Crippen MR) is 111 cm³/mol. The largest absolute Gasteiger partial charge is 0.493 e. The SMILES string of the molecule is COc1cc2c(cc1OC)C(c1cccs1)N(C(=O)Cc1ccccc1F)CC2. The average Bonchev–Trinajstić information content (AvgIpc) is 3.27. The highest BCUT2D eigenvalue weighted by atomic mass is 32.1. The number of methoxy groups -OCH3 is 2. The van der Waals surface area contributed by atoms with Crippen LogP contribution in [-0.2, 0) is 17.6 Å². The number of ether oxygens (including phenoxy) is 2. The van der Waals surface area contributed by atoms with Crippen molar-refractivity contribution in [2.75, 3.05) is 20.8 Å². The smallest absolute Gasteiger partial charge is 0.227 e. The Morgan fingerprint density at radius 3 is 2.59 bits per heavy atom. The summed E-state index contributed by atoms with van der Waals surface area (Å²) in [6, 6.07) is 14.2. The summed E-state index contributed by atoms with van der Waals surface area (Å²) in [5.41, 5.74) is 2.58. The Morgan fingerprint density at radius 2 is 1.90 bits per heavy atom. The van der Waals surface area contributed by atoms with Gasteiger partial charge >= 0.3 is 0 Å². The molecule has 0 saturated carbocycles. The molecular formula is C23H22FNO3S. The molecule has 29 heavy (non-hydrogen) atoms. The number of hydrogen-bond donors (Lipinski definition) is 0. The third-order valence-corrected chi connectivity index (χ3v) is 6.23. The molecule has 0 aliphatic carbocycles. The second-order valence-corrected chi connectivity index (χ2v) is 7.91. The normalized spacial score (nSPS) is 15.7. The highest BCUT2D eigenvalue weighted by Crippen LogP contribution is 2.42. The molecule has 4 nitrogen and oxygen atoms in total. The standard InChI is InChI=1S/C23H22FNO3S/c1-27-19-12-15-9-10-25(22(26)13-16-6-3-4-7-18(16)24)23(21-8-5-11-29-21)17(15)14-20(19)28-2/h3-8,11-12,14,23H,9-10,13H2,1-2H3. The van der Waals surface area contributed by atoms with Crippen molar-refractivity contribution in [1.29, 1.82) is 0 Å². The van der Waals surface area contributed by atoms with E-state index >= 15 is 0 Å². The fraction of sp³-hybridized carbons (Fsp3) is 0.261. The fourth-order valence-electron chi connectivity index (χ4n) is 3.87. The molecule has 1 aromatic heterocycles. The maximum absolute atomic E-state index is 14.1. The van der Waals surface area contributed by atoms with Crippen molar-refractivity contribution in [2.24, 2.45) is 0 Å². The minimum atomic E-state index is -0.350. The van der Waals surface area contributed by atoms with Gasteiger partial charge in [-0.25, -0.2) is 4.39 Å². The highest BCUT2D eigenvalue weighted by molar-refractivity contribution is 7.10. The summed E-state index contributed by atoms with van der Waals surface area (Å²) >= 11 is 1.61. The molecule has 0 fully saturated rings. The Morgan fingerprint density at radius 1 is 1.14 bits per heavy atom. The summed E-state index contributed by atoms with van der Waals surface area (Å²) in [6.07, 6.45) is 0.748. The lowest BCUT2D eigenvalue weighted by Gasteiger charge is -2.37. The molecule has 0 saturated heterocycles. The van der Waals surface area contributed by atoms with Crippen LogP contribution in [0.2, 0.25) is 0 Å². The lowest BCUT2D eigenvalue weighted by molar-refractivity contribution is -0.132. The maximum atomic E-state index is 14.1. The van der Waals surface area contributed by atoms with E-state index in [-0.39, 0.29) is 24.2 Å². The molecule has 0 bridgehead atoms. The van der Waals surface area contributed by atoms with Gasteiger partial charge < -0.3 is 14.4 Å². The average molecular weight is 411 g/mol. The van der Waals surface area contributed by atoms with Crippen LogP contribution in [-0.4, -0.2) is 31.6 Å². The van der Waals surface area contributed by atoms with Gasteiger partial charge in [-0.3, -0.25) is 4.79 Å². The highest BCUT2D eigenvalue weighted by Gasteiger charge is 2.34. The van der Waals surface area contributed by atoms with E-state index in [0.717, 1.165) is 16.0 Å². The van der Waals surface area contributed by atoms with Crippen LogP contribution in [0.15, 0.2) is 53.9 Å². The lowest BCUT2D eigenvalue weighted by Crippen LogP contribution is -2.41. The van der Waals surface area contributed by atoms with E-state index in [1.807, 2.05) is 34.5 Å². The molecular weight excluding hydrogens is 389 g/mol. The fourth-order valence-corrected chi connectivity index (χ4v) is 4.73. The van der Waals surface area contributed by atoms with Gasteiger partial charge in [-0.2, -0.15) is 0 Å². The molecule has 6 heteroatoms. The number of halogens is 1. The van der Waals surface area contributed by atoms with Crippen LogP contribution < -0.4 is 9.47 Å². The van der Waals surface area contributed by atoms with Crippen molar-refractivity contribution in [2.45, 2.75) is 18.9 Å². The van der Waals surface area contributed by atoms with Gasteiger partial charge in [0.05, 0.1) is 26.7 Å². The van der Waals surface area contributed by atoms with E-state index in [9.17, 15) is 9.18 Å². The number of nitrogens with zero attached hydrogens (tertiary/aromatic N) is 1. The number of amides is 1. The predicted octanol–water partition coefficient (Wildman–Crippen LogP) is 4.62. The summed E-state index contributed by atoms with van der Waals surface area (Å²) in [5.74, 6) is 0.879. The van der Waals surface area contributed by atoms with Crippen LogP contribution in [0.25, 0.3) is 0 Å². The van der Waals surface area contributed by atoms with E-state index < -0.39 is 0 Å². The number of hydrogen-bond acceptors (Lipinski definition) is 4. The molecule has 3 aromatic rings. The zero-order valence-electron chi connectivity index (χ0n) is 16.4. The molecule has 4 rings (SSSR count). The minimum Gasteiger partial charge on any atom is -0.493 e. The van der Waals surface area contributed by atoms with E-state index in [4.69, 9.17) is 9.47 Å². The molecule has 2 heterocycles. The number of carbonyl (C=O) groups is 1. The number of fused-ring (bicyclic) bond motifs is 1. The summed E-state index contributed by atoms with van der Waals surface area (Å²) in [7, 11) is 3.22. The van der Waals surface area contributed by atoms with Crippen molar-refractivity contribution in [1.82, 2.24) is 4.90 Å². The molecule has 2 aromatic carbocycles. The molecule has 1 unspecified atom stereocenters. The van der Waals surface area contributed by atoms with E-state index in [1.54, 1.807) is 43.8 Å².